The minimum Gasteiger partial charge on any atom is -0.503 e. The van der Waals surface area contributed by atoms with Crippen LogP contribution in [0.4, 0.5) is 0 Å². The second kappa shape index (κ2) is 5.99. The van der Waals surface area contributed by atoms with Crippen LogP contribution < -0.4 is 5.32 Å². The lowest BCUT2D eigenvalue weighted by atomic mass is 10.1. The molecule has 3 rings (SSSR count). The lowest BCUT2D eigenvalue weighted by Gasteiger charge is -2.09. The van der Waals surface area contributed by atoms with Gasteiger partial charge < -0.3 is 20.1 Å². The fraction of sp³-hybridized carbons (Fsp3) is 0.125. The van der Waals surface area contributed by atoms with Crippen LogP contribution >= 0.6 is 0 Å². The van der Waals surface area contributed by atoms with Crippen LogP contribution in [0.3, 0.4) is 0 Å². The summed E-state index contributed by atoms with van der Waals surface area (Å²) in [6, 6.07) is 8.04. The molecular formula is C16H13N3O5. The third kappa shape index (κ3) is 2.65. The molecule has 2 aromatic heterocycles. The molecule has 0 aliphatic carbocycles. The van der Waals surface area contributed by atoms with Crippen LogP contribution in [0.15, 0.2) is 41.1 Å². The molecule has 1 aromatic carbocycles. The summed E-state index contributed by atoms with van der Waals surface area (Å²) in [5.74, 6) is -2.51. The minimum atomic E-state index is -1.20. The molecule has 8 heteroatoms. The van der Waals surface area contributed by atoms with Gasteiger partial charge in [0.25, 0.3) is 5.91 Å². The largest absolute Gasteiger partial charge is 0.503 e. The maximum atomic E-state index is 12.0. The Morgan fingerprint density at radius 1 is 1.25 bits per heavy atom. The van der Waals surface area contributed by atoms with Gasteiger partial charge in [0, 0.05) is 11.8 Å². The Kier molecular flexibility index (Phi) is 3.87. The normalized spacial score (nSPS) is 12.0. The summed E-state index contributed by atoms with van der Waals surface area (Å²) in [5, 5.41) is 25.6. The van der Waals surface area contributed by atoms with Crippen molar-refractivity contribution in [2.45, 2.75) is 13.0 Å². The number of aromatic nitrogens is 2. The SMILES string of the molecule is CC(NC(=O)c1ncc2c(-c3ccccc3)noc2c1O)C(=O)O. The van der Waals surface area contributed by atoms with E-state index >= 15 is 0 Å². The molecule has 0 radical (unpaired) electrons. The van der Waals surface area contributed by atoms with E-state index in [-0.39, 0.29) is 11.3 Å². The molecule has 3 aromatic rings. The van der Waals surface area contributed by atoms with Crippen molar-refractivity contribution in [2.75, 3.05) is 0 Å². The molecule has 0 aliphatic rings. The number of carbonyl (C=O) groups excluding carboxylic acids is 1. The number of nitrogens with one attached hydrogen (secondary N) is 1. The van der Waals surface area contributed by atoms with Crippen molar-refractivity contribution in [2.24, 2.45) is 0 Å². The van der Waals surface area contributed by atoms with Gasteiger partial charge in [-0.05, 0) is 6.92 Å². The van der Waals surface area contributed by atoms with Crippen LogP contribution in [0.25, 0.3) is 22.2 Å². The number of carboxylic acids is 1. The van der Waals surface area contributed by atoms with Crippen molar-refractivity contribution in [3.8, 4) is 17.0 Å². The Labute approximate surface area is 135 Å². The molecule has 0 spiro atoms. The summed E-state index contributed by atoms with van der Waals surface area (Å²) in [4.78, 5) is 26.8. The van der Waals surface area contributed by atoms with E-state index in [4.69, 9.17) is 9.63 Å². The fourth-order valence-corrected chi connectivity index (χ4v) is 2.18. The number of nitrogens with zero attached hydrogens (tertiary/aromatic N) is 2. The van der Waals surface area contributed by atoms with E-state index in [1.165, 1.54) is 13.1 Å². The number of rotatable bonds is 4. The number of amides is 1. The van der Waals surface area contributed by atoms with Crippen molar-refractivity contribution < 1.29 is 24.3 Å². The Hall–Kier alpha value is -3.42. The summed E-state index contributed by atoms with van der Waals surface area (Å²) in [5.41, 5.74) is 0.941. The van der Waals surface area contributed by atoms with Crippen LogP contribution in [0, 0.1) is 0 Å². The highest BCUT2D eigenvalue weighted by Crippen LogP contribution is 2.33. The average Bonchev–Trinajstić information content (AvgIpc) is 3.00. The van der Waals surface area contributed by atoms with Gasteiger partial charge in [-0.3, -0.25) is 9.59 Å². The topological polar surface area (TPSA) is 126 Å². The molecule has 1 unspecified atom stereocenters. The fourth-order valence-electron chi connectivity index (χ4n) is 2.18. The number of carboxylic acid groups (broad SMARTS) is 1. The molecule has 8 nitrogen and oxygen atoms in total. The molecule has 0 bridgehead atoms. The molecule has 0 fully saturated rings. The smallest absolute Gasteiger partial charge is 0.325 e. The van der Waals surface area contributed by atoms with Crippen LogP contribution in [0.1, 0.15) is 17.4 Å². The lowest BCUT2D eigenvalue weighted by molar-refractivity contribution is -0.138. The number of benzene rings is 1. The monoisotopic (exact) mass is 327 g/mol. The van der Waals surface area contributed by atoms with Gasteiger partial charge in [0.05, 0.1) is 5.39 Å². The summed E-state index contributed by atoms with van der Waals surface area (Å²) in [7, 11) is 0. The molecular weight excluding hydrogens is 314 g/mol. The zero-order valence-electron chi connectivity index (χ0n) is 12.6. The maximum absolute atomic E-state index is 12.0. The van der Waals surface area contributed by atoms with Crippen molar-refractivity contribution in [1.29, 1.82) is 0 Å². The van der Waals surface area contributed by atoms with E-state index in [1.54, 1.807) is 0 Å². The average molecular weight is 327 g/mol. The predicted molar refractivity (Wildman–Crippen MR) is 83.5 cm³/mol. The van der Waals surface area contributed by atoms with Crippen molar-refractivity contribution in [1.82, 2.24) is 15.5 Å². The Morgan fingerprint density at radius 2 is 1.96 bits per heavy atom. The molecule has 0 aliphatic heterocycles. The second-order valence-corrected chi connectivity index (χ2v) is 5.13. The van der Waals surface area contributed by atoms with Gasteiger partial charge in [0.1, 0.15) is 11.7 Å². The molecule has 24 heavy (non-hydrogen) atoms. The van der Waals surface area contributed by atoms with E-state index in [9.17, 15) is 14.7 Å². The zero-order chi connectivity index (χ0) is 17.3. The van der Waals surface area contributed by atoms with E-state index in [1.807, 2.05) is 30.3 Å². The summed E-state index contributed by atoms with van der Waals surface area (Å²) in [6.45, 7) is 1.30. The van der Waals surface area contributed by atoms with Crippen molar-refractivity contribution >= 4 is 22.8 Å². The molecule has 0 saturated heterocycles. The summed E-state index contributed by atoms with van der Waals surface area (Å²) < 4.78 is 5.14. The predicted octanol–water partition coefficient (Wildman–Crippen LogP) is 1.80. The Bertz CT molecular complexity index is 920. The van der Waals surface area contributed by atoms with Gasteiger partial charge in [0.2, 0.25) is 5.58 Å². The standard InChI is InChI=1S/C16H13N3O5/c1-8(16(22)23)18-15(21)12-13(20)14-10(7-17-12)11(19-24-14)9-5-3-2-4-6-9/h2-8,20H,1H3,(H,18,21)(H,22,23). The Morgan fingerprint density at radius 3 is 2.62 bits per heavy atom. The minimum absolute atomic E-state index is 0.0111. The first-order chi connectivity index (χ1) is 11.5. The molecule has 1 atom stereocenters. The highest BCUT2D eigenvalue weighted by Gasteiger charge is 2.23. The van der Waals surface area contributed by atoms with Gasteiger partial charge >= 0.3 is 5.97 Å². The number of pyridine rings is 1. The van der Waals surface area contributed by atoms with Crippen molar-refractivity contribution in [3.63, 3.8) is 0 Å². The lowest BCUT2D eigenvalue weighted by Crippen LogP contribution is -2.38. The van der Waals surface area contributed by atoms with Crippen LogP contribution in [-0.4, -0.2) is 38.3 Å². The highest BCUT2D eigenvalue weighted by molar-refractivity contribution is 6.03. The number of aromatic hydroxyl groups is 1. The third-order valence-electron chi connectivity index (χ3n) is 3.47. The van der Waals surface area contributed by atoms with Crippen LogP contribution in [0.2, 0.25) is 0 Å². The molecule has 2 heterocycles. The van der Waals surface area contributed by atoms with Gasteiger partial charge in [0.15, 0.2) is 11.4 Å². The van der Waals surface area contributed by atoms with E-state index in [0.717, 1.165) is 5.56 Å². The number of hydrogen-bond donors (Lipinski definition) is 3. The number of hydrogen-bond acceptors (Lipinski definition) is 6. The van der Waals surface area contributed by atoms with Gasteiger partial charge in [-0.15, -0.1) is 0 Å². The van der Waals surface area contributed by atoms with Gasteiger partial charge in [-0.2, -0.15) is 0 Å². The van der Waals surface area contributed by atoms with E-state index in [2.05, 4.69) is 15.5 Å². The van der Waals surface area contributed by atoms with Gasteiger partial charge in [-0.1, -0.05) is 35.5 Å². The van der Waals surface area contributed by atoms with Gasteiger partial charge in [-0.25, -0.2) is 4.98 Å². The van der Waals surface area contributed by atoms with Crippen LogP contribution in [-0.2, 0) is 4.79 Å². The number of aliphatic carboxylic acids is 1. The first-order valence-electron chi connectivity index (χ1n) is 7.05. The zero-order valence-corrected chi connectivity index (χ0v) is 12.6. The summed E-state index contributed by atoms with van der Waals surface area (Å²) in [6.07, 6.45) is 1.36. The molecule has 3 N–H and O–H groups in total. The van der Waals surface area contributed by atoms with E-state index < -0.39 is 23.7 Å². The maximum Gasteiger partial charge on any atom is 0.325 e. The third-order valence-corrected chi connectivity index (χ3v) is 3.47. The van der Waals surface area contributed by atoms with Crippen LogP contribution in [0.5, 0.6) is 5.75 Å². The first-order valence-corrected chi connectivity index (χ1v) is 7.05. The first kappa shape index (κ1) is 15.5. The van der Waals surface area contributed by atoms with E-state index in [0.29, 0.717) is 11.1 Å². The molecule has 122 valence electrons. The number of carbonyl (C=O) groups is 2. The summed E-state index contributed by atoms with van der Waals surface area (Å²) >= 11 is 0. The number of fused-ring (bicyclic) bond motifs is 1. The quantitative estimate of drug-likeness (QED) is 0.667. The van der Waals surface area contributed by atoms with Crippen molar-refractivity contribution in [3.05, 3.63) is 42.2 Å². The molecule has 0 saturated carbocycles. The highest BCUT2D eigenvalue weighted by atomic mass is 16.5. The Balaban J connectivity index is 2.01. The second-order valence-electron chi connectivity index (χ2n) is 5.13. The molecule has 1 amide bonds.